The van der Waals surface area contributed by atoms with Crippen molar-refractivity contribution < 1.29 is 14.8 Å². The van der Waals surface area contributed by atoms with E-state index in [1.807, 2.05) is 0 Å². The average molecular weight is 288 g/mol. The van der Waals surface area contributed by atoms with Gasteiger partial charge in [0.15, 0.2) is 0 Å². The van der Waals surface area contributed by atoms with Crippen molar-refractivity contribution in [3.63, 3.8) is 0 Å². The maximum atomic E-state index is 10.9. The minimum absolute atomic E-state index is 0.126. The van der Waals surface area contributed by atoms with Crippen molar-refractivity contribution in [2.45, 2.75) is 12.8 Å². The Balaban J connectivity index is 2.05. The van der Waals surface area contributed by atoms with Crippen LogP contribution in [-0.4, -0.2) is 43.1 Å². The quantitative estimate of drug-likeness (QED) is 0.660. The van der Waals surface area contributed by atoms with Gasteiger partial charge in [0, 0.05) is 11.9 Å². The molecule has 0 unspecified atom stereocenters. The predicted molar refractivity (Wildman–Crippen MR) is 79.3 cm³/mol. The Bertz CT molecular complexity index is 628. The van der Waals surface area contributed by atoms with E-state index in [2.05, 4.69) is 29.4 Å². The number of nitrogens with zero attached hydrogens (tertiary/aromatic N) is 2. The van der Waals surface area contributed by atoms with E-state index in [1.54, 1.807) is 6.07 Å². The van der Waals surface area contributed by atoms with Gasteiger partial charge in [-0.25, -0.2) is 9.97 Å². The smallest absolute Gasteiger partial charge is 0.137 e. The highest BCUT2D eigenvalue weighted by molar-refractivity contribution is 5.95. The molecule has 2 rings (SSSR count). The summed E-state index contributed by atoms with van der Waals surface area (Å²) >= 11 is 0. The summed E-state index contributed by atoms with van der Waals surface area (Å²) in [5, 5.41) is 15.0. The molecule has 0 spiro atoms. The van der Waals surface area contributed by atoms with Gasteiger partial charge in [0.25, 0.3) is 0 Å². The van der Waals surface area contributed by atoms with E-state index in [9.17, 15) is 9.90 Å². The van der Waals surface area contributed by atoms with Gasteiger partial charge in [-0.2, -0.15) is 0 Å². The molecule has 0 amide bonds. The number of carbonyl (C=O) groups excluding carboxylic acids is 1. The fourth-order valence-corrected chi connectivity index (χ4v) is 2.14. The summed E-state index contributed by atoms with van der Waals surface area (Å²) in [6.07, 6.45) is 3.65. The maximum Gasteiger partial charge on any atom is 0.137 e. The summed E-state index contributed by atoms with van der Waals surface area (Å²) in [6, 6.07) is 4.74. The van der Waals surface area contributed by atoms with E-state index < -0.39 is 5.97 Å². The molecule has 2 aromatic rings. The van der Waals surface area contributed by atoms with Crippen LogP contribution in [0.5, 0.6) is 0 Å². The molecule has 0 fully saturated rings. The first kappa shape index (κ1) is 15.2. The summed E-state index contributed by atoms with van der Waals surface area (Å²) in [6.45, 7) is 1.98. The van der Waals surface area contributed by atoms with Crippen molar-refractivity contribution in [2.75, 3.05) is 32.5 Å². The first-order valence-corrected chi connectivity index (χ1v) is 7.07. The number of carboxylic acid groups (broad SMARTS) is 1. The Labute approximate surface area is 123 Å². The summed E-state index contributed by atoms with van der Waals surface area (Å²) in [7, 11) is 4.28. The number of carbonyl (C=O) groups is 1. The van der Waals surface area contributed by atoms with Gasteiger partial charge in [-0.3, -0.25) is 0 Å². The number of quaternary nitrogens is 1. The predicted octanol–water partition coefficient (Wildman–Crippen LogP) is -0.670. The van der Waals surface area contributed by atoms with Crippen molar-refractivity contribution in [3.05, 3.63) is 30.1 Å². The van der Waals surface area contributed by atoms with Gasteiger partial charge in [-0.05, 0) is 30.5 Å². The summed E-state index contributed by atoms with van der Waals surface area (Å²) in [5.74, 6) is -0.460. The molecule has 0 radical (unpaired) electrons. The Morgan fingerprint density at radius 2 is 2.10 bits per heavy atom. The Kier molecular flexibility index (Phi) is 5.05. The summed E-state index contributed by atoms with van der Waals surface area (Å²) in [4.78, 5) is 20.6. The van der Waals surface area contributed by atoms with E-state index in [0.29, 0.717) is 5.52 Å². The van der Waals surface area contributed by atoms with Gasteiger partial charge in [0.05, 0.1) is 32.1 Å². The number of aromatic nitrogens is 2. The van der Waals surface area contributed by atoms with Crippen LogP contribution in [0.25, 0.3) is 10.9 Å². The molecular formula is C15H20N4O2. The summed E-state index contributed by atoms with van der Waals surface area (Å²) in [5.41, 5.74) is 0.730. The van der Waals surface area contributed by atoms with Crippen LogP contribution in [-0.2, 0) is 0 Å². The fraction of sp³-hybridized carbons (Fsp3) is 0.400. The third-order valence-corrected chi connectivity index (χ3v) is 3.27. The van der Waals surface area contributed by atoms with Crippen molar-refractivity contribution in [1.29, 1.82) is 0 Å². The van der Waals surface area contributed by atoms with Gasteiger partial charge in [0.2, 0.25) is 0 Å². The lowest BCUT2D eigenvalue weighted by molar-refractivity contribution is -0.858. The first-order valence-electron chi connectivity index (χ1n) is 7.07. The van der Waals surface area contributed by atoms with Crippen LogP contribution in [0.4, 0.5) is 5.82 Å². The van der Waals surface area contributed by atoms with Crippen LogP contribution >= 0.6 is 0 Å². The maximum absolute atomic E-state index is 10.9. The van der Waals surface area contributed by atoms with Gasteiger partial charge < -0.3 is 20.1 Å². The lowest BCUT2D eigenvalue weighted by Crippen LogP contribution is -3.05. The topological polar surface area (TPSA) is 82.4 Å². The molecule has 0 aliphatic rings. The third-order valence-electron chi connectivity index (χ3n) is 3.27. The fourth-order valence-electron chi connectivity index (χ4n) is 2.14. The van der Waals surface area contributed by atoms with Crippen LogP contribution in [0.3, 0.4) is 0 Å². The zero-order chi connectivity index (χ0) is 15.2. The molecule has 2 N–H and O–H groups in total. The molecule has 0 aliphatic carbocycles. The molecule has 0 atom stereocenters. The number of anilines is 1. The van der Waals surface area contributed by atoms with E-state index in [-0.39, 0.29) is 5.56 Å². The highest BCUT2D eigenvalue weighted by Crippen LogP contribution is 2.20. The highest BCUT2D eigenvalue weighted by atomic mass is 16.4. The lowest BCUT2D eigenvalue weighted by Gasteiger charge is -2.10. The van der Waals surface area contributed by atoms with Crippen molar-refractivity contribution in [1.82, 2.24) is 9.97 Å². The molecule has 112 valence electrons. The van der Waals surface area contributed by atoms with Gasteiger partial charge in [-0.1, -0.05) is 6.07 Å². The van der Waals surface area contributed by atoms with E-state index in [4.69, 9.17) is 0 Å². The normalized spacial score (nSPS) is 11.0. The van der Waals surface area contributed by atoms with Gasteiger partial charge in [0.1, 0.15) is 12.1 Å². The summed E-state index contributed by atoms with van der Waals surface area (Å²) < 4.78 is 0. The molecule has 6 nitrogen and oxygen atoms in total. The van der Waals surface area contributed by atoms with E-state index in [1.165, 1.54) is 23.4 Å². The van der Waals surface area contributed by atoms with Crippen LogP contribution in [0.2, 0.25) is 0 Å². The zero-order valence-electron chi connectivity index (χ0n) is 12.3. The number of rotatable bonds is 7. The molecule has 1 heterocycles. The number of fused-ring (bicyclic) bond motifs is 1. The van der Waals surface area contributed by atoms with Gasteiger partial charge >= 0.3 is 0 Å². The Morgan fingerprint density at radius 1 is 1.29 bits per heavy atom. The second-order valence-electron chi connectivity index (χ2n) is 5.33. The highest BCUT2D eigenvalue weighted by Gasteiger charge is 2.05. The number of aromatic carboxylic acids is 1. The first-order chi connectivity index (χ1) is 10.1. The van der Waals surface area contributed by atoms with Crippen molar-refractivity contribution in [3.8, 4) is 0 Å². The molecule has 1 aromatic heterocycles. The number of carboxylic acids is 1. The Morgan fingerprint density at radius 3 is 2.81 bits per heavy atom. The average Bonchev–Trinajstić information content (AvgIpc) is 2.46. The molecule has 21 heavy (non-hydrogen) atoms. The molecule has 1 aromatic carbocycles. The van der Waals surface area contributed by atoms with E-state index in [0.717, 1.165) is 37.1 Å². The second-order valence-corrected chi connectivity index (χ2v) is 5.33. The second kappa shape index (κ2) is 6.99. The number of unbranched alkanes of at least 4 members (excludes halogenated alkanes) is 1. The zero-order valence-corrected chi connectivity index (χ0v) is 12.3. The van der Waals surface area contributed by atoms with Crippen LogP contribution in [0, 0.1) is 0 Å². The third kappa shape index (κ3) is 4.13. The van der Waals surface area contributed by atoms with Crippen molar-refractivity contribution >= 4 is 22.7 Å². The SMILES string of the molecule is C[NH+](C)CCCCNc1ncnc2cc(C(=O)[O-])ccc12. The molecule has 0 saturated heterocycles. The Hall–Kier alpha value is -2.21. The van der Waals surface area contributed by atoms with Crippen molar-refractivity contribution in [2.24, 2.45) is 0 Å². The lowest BCUT2D eigenvalue weighted by atomic mass is 10.1. The number of benzene rings is 1. The largest absolute Gasteiger partial charge is 0.545 e. The molecule has 6 heteroatoms. The van der Waals surface area contributed by atoms with Crippen LogP contribution in [0.1, 0.15) is 23.2 Å². The number of hydrogen-bond acceptors (Lipinski definition) is 5. The minimum atomic E-state index is -1.20. The number of hydrogen-bond donors (Lipinski definition) is 2. The van der Waals surface area contributed by atoms with Gasteiger partial charge in [-0.15, -0.1) is 0 Å². The minimum Gasteiger partial charge on any atom is -0.545 e. The monoisotopic (exact) mass is 288 g/mol. The molecular weight excluding hydrogens is 268 g/mol. The van der Waals surface area contributed by atoms with Crippen LogP contribution in [0.15, 0.2) is 24.5 Å². The van der Waals surface area contributed by atoms with Crippen LogP contribution < -0.4 is 15.3 Å². The standard InChI is InChI=1S/C15H20N4O2/c1-19(2)8-4-3-7-16-14-12-6-5-11(15(20)21)9-13(12)17-10-18-14/h5-6,9-10H,3-4,7-8H2,1-2H3,(H,20,21)(H,16,17,18). The van der Waals surface area contributed by atoms with E-state index >= 15 is 0 Å². The number of nitrogens with one attached hydrogen (secondary N) is 2. The molecule has 0 saturated carbocycles. The molecule has 0 bridgehead atoms. The molecule has 0 aliphatic heterocycles.